The van der Waals surface area contributed by atoms with Crippen molar-refractivity contribution in [3.8, 4) is 0 Å². The summed E-state index contributed by atoms with van der Waals surface area (Å²) in [4.78, 5) is 4.06. The average Bonchev–Trinajstić information content (AvgIpc) is 2.63. The van der Waals surface area contributed by atoms with Crippen LogP contribution in [-0.4, -0.2) is 29.4 Å². The molecule has 64 valence electrons. The van der Waals surface area contributed by atoms with Crippen LogP contribution >= 0.6 is 11.3 Å². The molecule has 1 aliphatic rings. The SMILES string of the molecule is Cc1nnc(NC2=NCCO2)s1. The maximum Gasteiger partial charge on any atom is 0.291 e. The Morgan fingerprint density at radius 2 is 2.42 bits per heavy atom. The van der Waals surface area contributed by atoms with Gasteiger partial charge in [-0.05, 0) is 6.92 Å². The van der Waals surface area contributed by atoms with Crippen molar-refractivity contribution in [3.63, 3.8) is 0 Å². The van der Waals surface area contributed by atoms with Gasteiger partial charge in [0.2, 0.25) is 5.13 Å². The number of anilines is 1. The largest absolute Gasteiger partial charge is 0.463 e. The molecule has 0 aromatic carbocycles. The van der Waals surface area contributed by atoms with Crippen molar-refractivity contribution in [2.75, 3.05) is 18.5 Å². The van der Waals surface area contributed by atoms with E-state index in [4.69, 9.17) is 4.74 Å². The summed E-state index contributed by atoms with van der Waals surface area (Å²) in [6.45, 7) is 3.28. The number of nitrogens with one attached hydrogen (secondary N) is 1. The predicted octanol–water partition coefficient (Wildman–Crippen LogP) is 0.645. The first-order valence-electron chi connectivity index (χ1n) is 3.59. The minimum absolute atomic E-state index is 0.547. The van der Waals surface area contributed by atoms with Gasteiger partial charge in [-0.15, -0.1) is 10.2 Å². The molecular formula is C6H8N4OS. The van der Waals surface area contributed by atoms with Crippen molar-refractivity contribution in [2.45, 2.75) is 6.92 Å². The first-order chi connectivity index (χ1) is 5.84. The number of ether oxygens (including phenoxy) is 1. The molecule has 0 saturated carbocycles. The van der Waals surface area contributed by atoms with Crippen LogP contribution < -0.4 is 5.32 Å². The Balaban J connectivity index is 2.03. The standard InChI is InChI=1S/C6H8N4OS/c1-4-9-10-6(12-4)8-5-7-2-3-11-5/h2-3H2,1H3,(H,7,8,10). The van der Waals surface area contributed by atoms with E-state index in [0.29, 0.717) is 12.6 Å². The van der Waals surface area contributed by atoms with Gasteiger partial charge in [-0.3, -0.25) is 5.32 Å². The minimum atomic E-state index is 0.547. The van der Waals surface area contributed by atoms with Crippen LogP contribution in [0.3, 0.4) is 0 Å². The van der Waals surface area contributed by atoms with E-state index in [0.717, 1.165) is 16.7 Å². The summed E-state index contributed by atoms with van der Waals surface area (Å²) in [5.74, 6) is 0. The van der Waals surface area contributed by atoms with Gasteiger partial charge in [-0.1, -0.05) is 11.3 Å². The Bertz CT molecular complexity index is 308. The van der Waals surface area contributed by atoms with Crippen LogP contribution in [0.2, 0.25) is 0 Å². The molecule has 12 heavy (non-hydrogen) atoms. The third-order valence-corrected chi connectivity index (χ3v) is 2.08. The molecule has 0 aliphatic carbocycles. The van der Waals surface area contributed by atoms with Crippen molar-refractivity contribution >= 4 is 22.5 Å². The summed E-state index contributed by atoms with van der Waals surface area (Å²) in [5, 5.41) is 12.3. The molecule has 6 heteroatoms. The fourth-order valence-electron chi connectivity index (χ4n) is 0.849. The number of rotatable bonds is 1. The second kappa shape index (κ2) is 3.06. The predicted molar refractivity (Wildman–Crippen MR) is 46.5 cm³/mol. The van der Waals surface area contributed by atoms with Gasteiger partial charge in [0.1, 0.15) is 11.6 Å². The normalized spacial score (nSPS) is 15.6. The molecule has 0 atom stereocenters. The highest BCUT2D eigenvalue weighted by Crippen LogP contribution is 2.14. The van der Waals surface area contributed by atoms with Gasteiger partial charge in [-0.25, -0.2) is 4.99 Å². The van der Waals surface area contributed by atoms with E-state index in [1.165, 1.54) is 11.3 Å². The number of nitrogens with zero attached hydrogens (tertiary/aromatic N) is 3. The van der Waals surface area contributed by atoms with Crippen molar-refractivity contribution in [2.24, 2.45) is 4.99 Å². The lowest BCUT2D eigenvalue weighted by atomic mass is 10.8. The fraction of sp³-hybridized carbons (Fsp3) is 0.500. The van der Waals surface area contributed by atoms with Crippen molar-refractivity contribution in [1.82, 2.24) is 10.2 Å². The molecule has 1 aromatic rings. The average molecular weight is 184 g/mol. The summed E-state index contributed by atoms with van der Waals surface area (Å²) >= 11 is 1.48. The monoisotopic (exact) mass is 184 g/mol. The van der Waals surface area contributed by atoms with Gasteiger partial charge in [0, 0.05) is 0 Å². The van der Waals surface area contributed by atoms with E-state index in [-0.39, 0.29) is 0 Å². The van der Waals surface area contributed by atoms with Crippen LogP contribution in [0.4, 0.5) is 5.13 Å². The topological polar surface area (TPSA) is 59.4 Å². The molecule has 0 bridgehead atoms. The molecule has 1 aromatic heterocycles. The van der Waals surface area contributed by atoms with E-state index in [9.17, 15) is 0 Å². The number of hydrogen-bond donors (Lipinski definition) is 1. The Kier molecular flexibility index (Phi) is 1.91. The van der Waals surface area contributed by atoms with Crippen molar-refractivity contribution < 1.29 is 4.74 Å². The van der Waals surface area contributed by atoms with Crippen molar-refractivity contribution in [3.05, 3.63) is 5.01 Å². The number of hydrogen-bond acceptors (Lipinski definition) is 6. The molecule has 0 amide bonds. The molecule has 1 N–H and O–H groups in total. The molecule has 5 nitrogen and oxygen atoms in total. The van der Waals surface area contributed by atoms with E-state index < -0.39 is 0 Å². The zero-order valence-electron chi connectivity index (χ0n) is 6.57. The molecule has 0 unspecified atom stereocenters. The highest BCUT2D eigenvalue weighted by atomic mass is 32.1. The summed E-state index contributed by atoms with van der Waals surface area (Å²) < 4.78 is 5.14. The van der Waals surface area contributed by atoms with Gasteiger partial charge in [0.05, 0.1) is 6.54 Å². The molecule has 0 saturated heterocycles. The lowest BCUT2D eigenvalue weighted by Gasteiger charge is -1.98. The van der Waals surface area contributed by atoms with Crippen LogP contribution in [-0.2, 0) is 4.74 Å². The highest BCUT2D eigenvalue weighted by Gasteiger charge is 2.09. The van der Waals surface area contributed by atoms with E-state index in [1.807, 2.05) is 6.92 Å². The maximum atomic E-state index is 5.14. The lowest BCUT2D eigenvalue weighted by molar-refractivity contribution is 0.346. The Labute approximate surface area is 73.5 Å². The Hall–Kier alpha value is -1.17. The van der Waals surface area contributed by atoms with Crippen molar-refractivity contribution in [1.29, 1.82) is 0 Å². The van der Waals surface area contributed by atoms with Gasteiger partial charge < -0.3 is 4.74 Å². The Morgan fingerprint density at radius 1 is 1.50 bits per heavy atom. The van der Waals surface area contributed by atoms with E-state index >= 15 is 0 Å². The van der Waals surface area contributed by atoms with E-state index in [1.54, 1.807) is 0 Å². The summed E-state index contributed by atoms with van der Waals surface area (Å²) in [5.41, 5.74) is 0. The van der Waals surface area contributed by atoms with Crippen LogP contribution in [0, 0.1) is 6.92 Å². The Morgan fingerprint density at radius 3 is 3.00 bits per heavy atom. The second-order valence-corrected chi connectivity index (χ2v) is 3.47. The van der Waals surface area contributed by atoms with Gasteiger partial charge in [-0.2, -0.15) is 0 Å². The minimum Gasteiger partial charge on any atom is -0.463 e. The van der Waals surface area contributed by atoms with Gasteiger partial charge in [0.15, 0.2) is 0 Å². The summed E-state index contributed by atoms with van der Waals surface area (Å²) in [6.07, 6.45) is 0. The molecule has 1 aliphatic heterocycles. The van der Waals surface area contributed by atoms with Crippen LogP contribution in [0.5, 0.6) is 0 Å². The third kappa shape index (κ3) is 1.53. The molecule has 0 fully saturated rings. The summed E-state index contributed by atoms with van der Waals surface area (Å²) in [6, 6.07) is 0.547. The van der Waals surface area contributed by atoms with Crippen LogP contribution in [0.15, 0.2) is 4.99 Å². The van der Waals surface area contributed by atoms with Gasteiger partial charge in [0.25, 0.3) is 6.02 Å². The summed E-state index contributed by atoms with van der Waals surface area (Å²) in [7, 11) is 0. The fourth-order valence-corrected chi connectivity index (χ4v) is 1.43. The van der Waals surface area contributed by atoms with E-state index in [2.05, 4.69) is 20.5 Å². The number of aliphatic imine (C=N–C) groups is 1. The van der Waals surface area contributed by atoms with Gasteiger partial charge >= 0.3 is 0 Å². The van der Waals surface area contributed by atoms with Crippen LogP contribution in [0.25, 0.3) is 0 Å². The molecular weight excluding hydrogens is 176 g/mol. The first-order valence-corrected chi connectivity index (χ1v) is 4.40. The third-order valence-electron chi connectivity index (χ3n) is 1.33. The zero-order valence-corrected chi connectivity index (χ0v) is 7.39. The highest BCUT2D eigenvalue weighted by molar-refractivity contribution is 7.15. The van der Waals surface area contributed by atoms with Crippen LogP contribution in [0.1, 0.15) is 5.01 Å². The number of aryl methyl sites for hydroxylation is 1. The lowest BCUT2D eigenvalue weighted by Crippen LogP contribution is -2.11. The molecule has 2 heterocycles. The number of amidine groups is 1. The quantitative estimate of drug-likeness (QED) is 0.696. The molecule has 2 rings (SSSR count). The zero-order chi connectivity index (χ0) is 8.39. The maximum absolute atomic E-state index is 5.14. The number of aromatic nitrogens is 2. The molecule has 0 radical (unpaired) electrons. The second-order valence-electron chi connectivity index (χ2n) is 2.29. The smallest absolute Gasteiger partial charge is 0.291 e. The molecule has 0 spiro atoms. The first kappa shape index (κ1) is 7.48.